The first kappa shape index (κ1) is 85.5. The number of carbonyl (C=O) groups is 4. The van der Waals surface area contributed by atoms with Gasteiger partial charge >= 0.3 is 39.5 Å². The van der Waals surface area contributed by atoms with Crippen molar-refractivity contribution in [3.05, 3.63) is 24.3 Å². The number of allylic oxidation sites excluding steroid dienone is 4. The van der Waals surface area contributed by atoms with E-state index in [2.05, 4.69) is 72.8 Å². The molecule has 0 aromatic heterocycles. The SMILES string of the molecule is CCCCCC/C=C\C=C/CCCCCCCC(=O)O[C@H](COC(=O)CCCCCCCCCCC(C)CC)COP(=O)(O)OC[C@@H](O)COP(=O)(O)OC[C@@H](COC(=O)CCCCCCCCC(C)C)OC(=O)CCCCCCCCCCC(C)CC. The number of aliphatic hydroxyl groups excluding tert-OH is 1. The third kappa shape index (κ3) is 59.8. The molecule has 7 atom stereocenters. The summed E-state index contributed by atoms with van der Waals surface area (Å²) >= 11 is 0. The molecule has 0 saturated heterocycles. The van der Waals surface area contributed by atoms with Crippen molar-refractivity contribution in [1.29, 1.82) is 0 Å². The van der Waals surface area contributed by atoms with Gasteiger partial charge in [0.25, 0.3) is 0 Å². The first-order valence-corrected chi connectivity index (χ1v) is 38.2. The van der Waals surface area contributed by atoms with Gasteiger partial charge in [-0.25, -0.2) is 9.13 Å². The van der Waals surface area contributed by atoms with Crippen LogP contribution in [-0.4, -0.2) is 96.7 Å². The molecule has 88 heavy (non-hydrogen) atoms. The average molecular weight is 1290 g/mol. The Bertz CT molecular complexity index is 1830. The number of esters is 4. The summed E-state index contributed by atoms with van der Waals surface area (Å²) in [6, 6.07) is 0. The van der Waals surface area contributed by atoms with Gasteiger partial charge in [0, 0.05) is 25.7 Å². The van der Waals surface area contributed by atoms with Crippen LogP contribution < -0.4 is 0 Å². The smallest absolute Gasteiger partial charge is 0.462 e. The van der Waals surface area contributed by atoms with Gasteiger partial charge in [-0.1, -0.05) is 265 Å². The number of aliphatic hydroxyl groups is 1. The Morgan fingerprint density at radius 3 is 1.01 bits per heavy atom. The monoisotopic (exact) mass is 1290 g/mol. The van der Waals surface area contributed by atoms with Crippen LogP contribution in [-0.2, 0) is 65.4 Å². The Balaban J connectivity index is 5.30. The van der Waals surface area contributed by atoms with Crippen LogP contribution in [0.2, 0.25) is 0 Å². The van der Waals surface area contributed by atoms with Crippen molar-refractivity contribution < 1.29 is 80.2 Å². The van der Waals surface area contributed by atoms with E-state index in [-0.39, 0.29) is 25.7 Å². The van der Waals surface area contributed by atoms with Gasteiger partial charge in [-0.2, -0.15) is 0 Å². The van der Waals surface area contributed by atoms with Crippen LogP contribution in [0.1, 0.15) is 318 Å². The molecule has 0 amide bonds. The standard InChI is InChI=1S/C69H130O17P2/c1-8-11-12-13-14-15-16-17-18-19-20-21-29-38-45-52-68(73)85-64(56-79-66(71)50-43-36-28-24-22-26-34-41-48-61(6)9-2)58-83-87(75,76)81-54-63(70)55-82-88(77,78)84-59-65(57-80-67(72)51-44-37-32-31-33-40-47-60(4)5)86-69(74)53-46-39-30-25-23-27-35-42-49-62(7)10-3/h15-18,60-65,70H,8-14,19-59H2,1-7H3,(H,75,76)(H,77,78)/b16-15-,18-17-/t61?,62?,63-,64-,65-/m1/s1. The third-order valence-electron chi connectivity index (χ3n) is 16.0. The number of phosphoric ester groups is 2. The van der Waals surface area contributed by atoms with Crippen LogP contribution in [0.5, 0.6) is 0 Å². The molecule has 3 N–H and O–H groups in total. The van der Waals surface area contributed by atoms with Crippen molar-refractivity contribution in [2.45, 2.75) is 336 Å². The molecular weight excluding hydrogens is 1160 g/mol. The molecule has 518 valence electrons. The van der Waals surface area contributed by atoms with Crippen LogP contribution >= 0.6 is 15.6 Å². The van der Waals surface area contributed by atoms with Crippen LogP contribution in [0.4, 0.5) is 0 Å². The van der Waals surface area contributed by atoms with Crippen LogP contribution in [0, 0.1) is 17.8 Å². The maximum Gasteiger partial charge on any atom is 0.472 e. The summed E-state index contributed by atoms with van der Waals surface area (Å²) in [6.45, 7) is 11.7. The quantitative estimate of drug-likeness (QED) is 0.0169. The van der Waals surface area contributed by atoms with Gasteiger partial charge in [0.05, 0.1) is 26.4 Å². The van der Waals surface area contributed by atoms with Crippen LogP contribution in [0.25, 0.3) is 0 Å². The molecule has 0 aromatic rings. The van der Waals surface area contributed by atoms with Crippen LogP contribution in [0.3, 0.4) is 0 Å². The minimum atomic E-state index is -4.96. The predicted octanol–water partition coefficient (Wildman–Crippen LogP) is 19.0. The van der Waals surface area contributed by atoms with Gasteiger partial charge in [0.1, 0.15) is 19.3 Å². The van der Waals surface area contributed by atoms with E-state index in [1.807, 2.05) is 0 Å². The number of ether oxygens (including phenoxy) is 4. The number of phosphoric acid groups is 2. The van der Waals surface area contributed by atoms with Gasteiger partial charge in [0.2, 0.25) is 0 Å². The second-order valence-electron chi connectivity index (χ2n) is 25.2. The molecule has 0 radical (unpaired) electrons. The summed E-state index contributed by atoms with van der Waals surface area (Å²) in [5.74, 6) is 0.0576. The Morgan fingerprint density at radius 1 is 0.375 bits per heavy atom. The fourth-order valence-corrected chi connectivity index (χ4v) is 11.3. The normalized spacial score (nSPS) is 15.0. The maximum absolute atomic E-state index is 13.0. The first-order valence-electron chi connectivity index (χ1n) is 35.2. The van der Waals surface area contributed by atoms with E-state index in [1.165, 1.54) is 109 Å². The second-order valence-corrected chi connectivity index (χ2v) is 28.1. The van der Waals surface area contributed by atoms with Crippen molar-refractivity contribution >= 4 is 39.5 Å². The Kier molecular flexibility index (Phi) is 57.9. The molecule has 17 nitrogen and oxygen atoms in total. The van der Waals surface area contributed by atoms with Gasteiger partial charge in [-0.15, -0.1) is 0 Å². The zero-order valence-electron chi connectivity index (χ0n) is 56.7. The van der Waals surface area contributed by atoms with Crippen molar-refractivity contribution in [3.63, 3.8) is 0 Å². The summed E-state index contributed by atoms with van der Waals surface area (Å²) in [5, 5.41) is 10.6. The minimum Gasteiger partial charge on any atom is -0.462 e. The van der Waals surface area contributed by atoms with Gasteiger partial charge in [-0.3, -0.25) is 37.3 Å². The molecule has 0 aliphatic carbocycles. The zero-order chi connectivity index (χ0) is 65.2. The maximum atomic E-state index is 13.0. The molecule has 0 heterocycles. The first-order chi connectivity index (χ1) is 42.3. The molecule has 0 aliphatic rings. The predicted molar refractivity (Wildman–Crippen MR) is 354 cm³/mol. The second kappa shape index (κ2) is 59.5. The van der Waals surface area contributed by atoms with E-state index in [1.54, 1.807) is 0 Å². The molecule has 19 heteroatoms. The zero-order valence-corrected chi connectivity index (χ0v) is 58.5. The lowest BCUT2D eigenvalue weighted by Gasteiger charge is -2.21. The summed E-state index contributed by atoms with van der Waals surface area (Å²) in [5.41, 5.74) is 0. The highest BCUT2D eigenvalue weighted by molar-refractivity contribution is 7.47. The van der Waals surface area contributed by atoms with E-state index in [9.17, 15) is 43.2 Å². The van der Waals surface area contributed by atoms with Crippen molar-refractivity contribution in [2.24, 2.45) is 17.8 Å². The Morgan fingerprint density at radius 2 is 0.670 bits per heavy atom. The fraction of sp³-hybridized carbons (Fsp3) is 0.884. The van der Waals surface area contributed by atoms with Gasteiger partial charge in [0.15, 0.2) is 12.2 Å². The van der Waals surface area contributed by atoms with Gasteiger partial charge in [-0.05, 0) is 69.1 Å². The lowest BCUT2D eigenvalue weighted by Crippen LogP contribution is -2.30. The highest BCUT2D eigenvalue weighted by Gasteiger charge is 2.30. The van der Waals surface area contributed by atoms with Crippen molar-refractivity contribution in [3.8, 4) is 0 Å². The number of hydrogen-bond donors (Lipinski definition) is 3. The van der Waals surface area contributed by atoms with E-state index >= 15 is 0 Å². The van der Waals surface area contributed by atoms with E-state index < -0.39 is 97.5 Å². The number of hydrogen-bond acceptors (Lipinski definition) is 15. The highest BCUT2D eigenvalue weighted by Crippen LogP contribution is 2.45. The lowest BCUT2D eigenvalue weighted by atomic mass is 9.99. The minimum absolute atomic E-state index is 0.0839. The molecule has 0 fully saturated rings. The van der Waals surface area contributed by atoms with E-state index in [0.717, 1.165) is 121 Å². The van der Waals surface area contributed by atoms with E-state index in [4.69, 9.17) is 37.0 Å². The third-order valence-corrected chi connectivity index (χ3v) is 17.9. The molecule has 0 saturated carbocycles. The highest BCUT2D eigenvalue weighted by atomic mass is 31.2. The molecule has 4 unspecified atom stereocenters. The molecule has 0 aromatic carbocycles. The fourth-order valence-electron chi connectivity index (χ4n) is 9.76. The van der Waals surface area contributed by atoms with Crippen LogP contribution in [0.15, 0.2) is 24.3 Å². The molecule has 0 bridgehead atoms. The summed E-state index contributed by atoms with van der Waals surface area (Å²) in [4.78, 5) is 72.4. The number of rotatable bonds is 65. The van der Waals surface area contributed by atoms with Gasteiger partial charge < -0.3 is 33.8 Å². The summed E-state index contributed by atoms with van der Waals surface area (Å²) in [7, 11) is -9.91. The molecular formula is C69H130O17P2. The average Bonchev–Trinajstić information content (AvgIpc) is 3.69. The number of carbonyl (C=O) groups excluding carboxylic acids is 4. The Hall–Kier alpha value is -2.46. The summed E-state index contributed by atoms with van der Waals surface area (Å²) < 4.78 is 68.2. The van der Waals surface area contributed by atoms with Crippen molar-refractivity contribution in [2.75, 3.05) is 39.6 Å². The molecule has 0 aliphatic heterocycles. The summed E-state index contributed by atoms with van der Waals surface area (Å²) in [6.07, 6.45) is 45.3. The topological polar surface area (TPSA) is 237 Å². The lowest BCUT2D eigenvalue weighted by molar-refractivity contribution is -0.161. The Labute approximate surface area is 535 Å². The molecule has 0 rings (SSSR count). The molecule has 0 spiro atoms. The van der Waals surface area contributed by atoms with E-state index in [0.29, 0.717) is 31.6 Å². The van der Waals surface area contributed by atoms with Crippen molar-refractivity contribution in [1.82, 2.24) is 0 Å². The largest absolute Gasteiger partial charge is 0.472 e. The number of unbranched alkanes of at least 4 members (excludes halogenated alkanes) is 28.